The second-order valence-electron chi connectivity index (χ2n) is 7.28. The largest absolute Gasteiger partial charge is 0.362 e. The van der Waals surface area contributed by atoms with Crippen LogP contribution in [-0.2, 0) is 9.53 Å². The molecule has 25 heavy (non-hydrogen) atoms. The Labute approximate surface area is 147 Å². The number of aromatic nitrogens is 2. The van der Waals surface area contributed by atoms with Gasteiger partial charge >= 0.3 is 0 Å². The molecule has 4 rings (SSSR count). The van der Waals surface area contributed by atoms with Gasteiger partial charge < -0.3 is 14.5 Å². The van der Waals surface area contributed by atoms with Crippen LogP contribution in [0.1, 0.15) is 48.9 Å². The molecule has 3 aliphatic heterocycles. The fraction of sp³-hybridized carbons (Fsp3) is 0.667. The van der Waals surface area contributed by atoms with E-state index >= 15 is 0 Å². The molecule has 3 saturated heterocycles. The van der Waals surface area contributed by atoms with Crippen LogP contribution in [0.2, 0.25) is 0 Å². The quantitative estimate of drug-likeness (QED) is 0.807. The van der Waals surface area contributed by atoms with Gasteiger partial charge in [-0.2, -0.15) is 10.2 Å². The van der Waals surface area contributed by atoms with Crippen LogP contribution in [-0.4, -0.2) is 69.7 Å². The number of hydrogen-bond acceptors (Lipinski definition) is 5. The molecule has 0 saturated carbocycles. The summed E-state index contributed by atoms with van der Waals surface area (Å²) in [5.41, 5.74) is 0.341. The number of carbonyl (C=O) groups is 2. The van der Waals surface area contributed by atoms with Crippen LogP contribution in [0.5, 0.6) is 0 Å². The van der Waals surface area contributed by atoms with Gasteiger partial charge in [0.2, 0.25) is 0 Å². The normalized spacial score (nSPS) is 25.5. The van der Waals surface area contributed by atoms with Crippen LogP contribution in [0.3, 0.4) is 0 Å². The lowest BCUT2D eigenvalue weighted by Gasteiger charge is -2.39. The summed E-state index contributed by atoms with van der Waals surface area (Å²) in [7, 11) is 0. The second kappa shape index (κ2) is 6.71. The topological polar surface area (TPSA) is 75.6 Å². The summed E-state index contributed by atoms with van der Waals surface area (Å²) in [4.78, 5) is 28.9. The summed E-state index contributed by atoms with van der Waals surface area (Å²) in [6, 6.07) is 1.69. The van der Waals surface area contributed by atoms with Gasteiger partial charge in [0.05, 0.1) is 23.6 Å². The first-order valence-corrected chi connectivity index (χ1v) is 9.19. The number of carbonyl (C=O) groups excluding carboxylic acids is 2. The maximum atomic E-state index is 12.6. The van der Waals surface area contributed by atoms with Crippen LogP contribution in [0.4, 0.5) is 0 Å². The van der Waals surface area contributed by atoms with Gasteiger partial charge in [-0.05, 0) is 44.6 Å². The maximum Gasteiger partial charge on any atom is 0.255 e. The molecular formula is C18H24N4O3. The number of hydrogen-bond donors (Lipinski definition) is 0. The van der Waals surface area contributed by atoms with E-state index < -0.39 is 0 Å². The van der Waals surface area contributed by atoms with E-state index in [0.717, 1.165) is 51.6 Å². The molecule has 0 aliphatic carbocycles. The van der Waals surface area contributed by atoms with Crippen LogP contribution < -0.4 is 0 Å². The third-order valence-corrected chi connectivity index (χ3v) is 5.74. The number of piperidine rings is 1. The molecule has 1 aromatic heterocycles. The minimum absolute atomic E-state index is 0.00700. The molecule has 0 bridgehead atoms. The SMILES string of the molecule is O=C(c1ccnnc1)N1CCC2(CCC(C(=O)N3CCCC3)O2)CC1. The minimum Gasteiger partial charge on any atom is -0.362 e. The van der Waals surface area contributed by atoms with Gasteiger partial charge in [-0.3, -0.25) is 9.59 Å². The van der Waals surface area contributed by atoms with Gasteiger partial charge in [-0.15, -0.1) is 0 Å². The van der Waals surface area contributed by atoms with E-state index in [1.165, 1.54) is 12.4 Å². The summed E-state index contributed by atoms with van der Waals surface area (Å²) >= 11 is 0. The highest BCUT2D eigenvalue weighted by molar-refractivity contribution is 5.93. The van der Waals surface area contributed by atoms with Crippen molar-refractivity contribution >= 4 is 11.8 Å². The van der Waals surface area contributed by atoms with E-state index in [0.29, 0.717) is 18.7 Å². The Morgan fingerprint density at radius 2 is 1.80 bits per heavy atom. The van der Waals surface area contributed by atoms with Gasteiger partial charge in [0.25, 0.3) is 11.8 Å². The van der Waals surface area contributed by atoms with Crippen LogP contribution in [0.25, 0.3) is 0 Å². The summed E-state index contributed by atoms with van der Waals surface area (Å²) < 4.78 is 6.25. The highest BCUT2D eigenvalue weighted by Gasteiger charge is 2.46. The number of nitrogens with zero attached hydrogens (tertiary/aromatic N) is 4. The Balaban J connectivity index is 1.34. The van der Waals surface area contributed by atoms with E-state index in [9.17, 15) is 9.59 Å². The first-order chi connectivity index (χ1) is 12.2. The summed E-state index contributed by atoms with van der Waals surface area (Å²) in [5.74, 6) is 0.156. The van der Waals surface area contributed by atoms with Gasteiger partial charge in [0.1, 0.15) is 6.10 Å². The summed E-state index contributed by atoms with van der Waals surface area (Å²) in [5, 5.41) is 7.49. The number of rotatable bonds is 2. The van der Waals surface area contributed by atoms with Gasteiger partial charge in [0.15, 0.2) is 0 Å². The molecule has 0 aromatic carbocycles. The minimum atomic E-state index is -0.287. The van der Waals surface area contributed by atoms with E-state index in [1.807, 2.05) is 9.80 Å². The Bertz CT molecular complexity index is 637. The van der Waals surface area contributed by atoms with Crippen molar-refractivity contribution in [2.45, 2.75) is 50.2 Å². The van der Waals surface area contributed by atoms with Crippen molar-refractivity contribution in [3.05, 3.63) is 24.0 Å². The molecule has 2 amide bonds. The number of ether oxygens (including phenoxy) is 1. The first-order valence-electron chi connectivity index (χ1n) is 9.19. The molecule has 3 aliphatic rings. The van der Waals surface area contributed by atoms with E-state index in [1.54, 1.807) is 6.07 Å². The molecule has 1 atom stereocenters. The third-order valence-electron chi connectivity index (χ3n) is 5.74. The molecular weight excluding hydrogens is 320 g/mol. The van der Waals surface area contributed by atoms with Gasteiger partial charge in [-0.25, -0.2) is 0 Å². The standard InChI is InChI=1S/C18H24N4O3/c23-16(14-4-8-19-20-13-14)22-11-6-18(7-12-22)5-3-15(25-18)17(24)21-9-1-2-10-21/h4,8,13,15H,1-3,5-7,9-12H2. The lowest BCUT2D eigenvalue weighted by Crippen LogP contribution is -2.47. The second-order valence-corrected chi connectivity index (χ2v) is 7.28. The average molecular weight is 344 g/mol. The predicted molar refractivity (Wildman–Crippen MR) is 89.8 cm³/mol. The molecule has 7 nitrogen and oxygen atoms in total. The fourth-order valence-corrected chi connectivity index (χ4v) is 4.21. The summed E-state index contributed by atoms with van der Waals surface area (Å²) in [6.45, 7) is 3.06. The lowest BCUT2D eigenvalue weighted by molar-refractivity contribution is -0.149. The van der Waals surface area contributed by atoms with Crippen molar-refractivity contribution < 1.29 is 14.3 Å². The Kier molecular flexibility index (Phi) is 4.41. The highest BCUT2D eigenvalue weighted by Crippen LogP contribution is 2.39. The third kappa shape index (κ3) is 3.25. The maximum absolute atomic E-state index is 12.6. The van der Waals surface area contributed by atoms with Gasteiger partial charge in [0, 0.05) is 26.2 Å². The van der Waals surface area contributed by atoms with Crippen LogP contribution in [0.15, 0.2) is 18.5 Å². The van der Waals surface area contributed by atoms with Crippen molar-refractivity contribution in [1.29, 1.82) is 0 Å². The smallest absolute Gasteiger partial charge is 0.255 e. The molecule has 3 fully saturated rings. The highest BCUT2D eigenvalue weighted by atomic mass is 16.5. The predicted octanol–water partition coefficient (Wildman–Crippen LogP) is 1.25. The fourth-order valence-electron chi connectivity index (χ4n) is 4.21. The van der Waals surface area contributed by atoms with Crippen molar-refractivity contribution in [2.75, 3.05) is 26.2 Å². The Hall–Kier alpha value is -2.02. The molecule has 1 unspecified atom stereocenters. The molecule has 0 N–H and O–H groups in total. The van der Waals surface area contributed by atoms with Crippen molar-refractivity contribution in [2.24, 2.45) is 0 Å². The Morgan fingerprint density at radius 1 is 1.04 bits per heavy atom. The van der Waals surface area contributed by atoms with Crippen LogP contribution in [0, 0.1) is 0 Å². The molecule has 1 aromatic rings. The monoisotopic (exact) mass is 344 g/mol. The molecule has 1 spiro atoms. The molecule has 134 valence electrons. The summed E-state index contributed by atoms with van der Waals surface area (Å²) in [6.07, 6.45) is 8.26. The molecule has 0 radical (unpaired) electrons. The zero-order chi connectivity index (χ0) is 17.3. The van der Waals surface area contributed by atoms with E-state index in [4.69, 9.17) is 4.74 Å². The van der Waals surface area contributed by atoms with E-state index in [-0.39, 0.29) is 23.5 Å². The molecule has 4 heterocycles. The Morgan fingerprint density at radius 3 is 2.48 bits per heavy atom. The zero-order valence-electron chi connectivity index (χ0n) is 14.4. The number of amides is 2. The lowest BCUT2D eigenvalue weighted by atomic mass is 9.88. The van der Waals surface area contributed by atoms with Crippen LogP contribution >= 0.6 is 0 Å². The van der Waals surface area contributed by atoms with E-state index in [2.05, 4.69) is 10.2 Å². The van der Waals surface area contributed by atoms with Crippen molar-refractivity contribution in [3.8, 4) is 0 Å². The van der Waals surface area contributed by atoms with Crippen molar-refractivity contribution in [3.63, 3.8) is 0 Å². The number of likely N-dealkylation sites (tertiary alicyclic amines) is 2. The first kappa shape index (κ1) is 16.4. The van der Waals surface area contributed by atoms with Crippen molar-refractivity contribution in [1.82, 2.24) is 20.0 Å². The molecule has 7 heteroatoms. The van der Waals surface area contributed by atoms with Gasteiger partial charge in [-0.1, -0.05) is 0 Å². The average Bonchev–Trinajstić information content (AvgIpc) is 3.33. The zero-order valence-corrected chi connectivity index (χ0v) is 14.4.